The van der Waals surface area contributed by atoms with Gasteiger partial charge in [0.1, 0.15) is 0 Å². The van der Waals surface area contributed by atoms with Gasteiger partial charge in [0.15, 0.2) is 0 Å². The summed E-state index contributed by atoms with van der Waals surface area (Å²) in [6, 6.07) is 20.6. The number of aromatic nitrogens is 4. The predicted octanol–water partition coefficient (Wildman–Crippen LogP) is 1.70. The molecule has 1 amide bonds. The number of hydrogen-bond donors (Lipinski definition) is 1. The van der Waals surface area contributed by atoms with Gasteiger partial charge < -0.3 is 0 Å². The van der Waals surface area contributed by atoms with E-state index in [4.69, 9.17) is 20.0 Å². The van der Waals surface area contributed by atoms with Gasteiger partial charge in [0.25, 0.3) is 0 Å². The van der Waals surface area contributed by atoms with Crippen LogP contribution in [0.2, 0.25) is 0 Å². The number of nitriles is 2. The van der Waals surface area contributed by atoms with Crippen molar-refractivity contribution in [3.05, 3.63) is 77.6 Å². The van der Waals surface area contributed by atoms with Gasteiger partial charge in [-0.05, 0) is 0 Å². The Morgan fingerprint density at radius 3 is 1.90 bits per heavy atom. The van der Waals surface area contributed by atoms with E-state index in [0.717, 1.165) is 23.4 Å². The van der Waals surface area contributed by atoms with Crippen molar-refractivity contribution in [2.75, 3.05) is 6.54 Å². The summed E-state index contributed by atoms with van der Waals surface area (Å²) < 4.78 is 32.9. The summed E-state index contributed by atoms with van der Waals surface area (Å²) in [6.45, 7) is 0.865. The number of benzene rings is 2. The molecule has 0 fully saturated rings. The fourth-order valence-electron chi connectivity index (χ4n) is 4.05. The summed E-state index contributed by atoms with van der Waals surface area (Å²) in [6.07, 6.45) is 3.32. The van der Waals surface area contributed by atoms with Gasteiger partial charge in [0.05, 0.1) is 0 Å². The fourth-order valence-corrected chi connectivity index (χ4v) is 4.05. The Kier molecular flexibility index (Phi) is 20.1. The molecule has 0 aliphatic heterocycles. The molecule has 0 saturated heterocycles. The van der Waals surface area contributed by atoms with E-state index >= 15 is 0 Å². The molecule has 50 heavy (non-hydrogen) atoms. The predicted molar refractivity (Wildman–Crippen MR) is 179 cm³/mol. The second kappa shape index (κ2) is 25.0. The number of aryl methyl sites for hydroxylation is 2. The molecule has 256 valence electrons. The van der Waals surface area contributed by atoms with Crippen LogP contribution < -0.4 is 5.32 Å². The van der Waals surface area contributed by atoms with Crippen LogP contribution in [0.15, 0.2) is 70.6 Å². The van der Waals surface area contributed by atoms with Crippen LogP contribution in [0.25, 0.3) is 0 Å². The molecule has 0 radical (unpaired) electrons. The molecule has 3 rings (SSSR count). The number of carbonyl (C=O) groups is 3. The number of rotatable bonds is 20. The molecule has 0 saturated carbocycles. The van der Waals surface area contributed by atoms with Crippen LogP contribution >= 0.6 is 0 Å². The number of nitrogens with zero attached hydrogens (tertiary/aromatic N) is 8. The number of hydrogen-bond acceptors (Lipinski definition) is 14. The standard InChI is InChI=1S/C16H17BN6O3.C16H18BN3O4/c18-9-4-10-23-15(20-21-22-23)8-7-14(19-12-17-25)16(24)26-11-13-5-2-1-3-6-13;18-9-4-10-19-15(21)8-7-14(20-12-17-23)16(22)24-11-13-5-2-1-3-6-13/h1-3,5-6,12,14H,4,7-8,10-11H2;1-3,5-6,12,14H,4,7-8,10-11H2,(H,19,21). The van der Waals surface area contributed by atoms with Crippen LogP contribution in [0.1, 0.15) is 49.1 Å². The molecule has 2 aromatic carbocycles. The van der Waals surface area contributed by atoms with E-state index < -0.39 is 24.0 Å². The molecule has 0 aliphatic rings. The van der Waals surface area contributed by atoms with E-state index in [1.54, 1.807) is 0 Å². The Hall–Kier alpha value is -6.03. The zero-order chi connectivity index (χ0) is 36.2. The Labute approximate surface area is 290 Å². The zero-order valence-corrected chi connectivity index (χ0v) is 27.2. The van der Waals surface area contributed by atoms with E-state index in [-0.39, 0.29) is 57.8 Å². The topological polar surface area (TPSA) is 232 Å². The van der Waals surface area contributed by atoms with Crippen molar-refractivity contribution >= 4 is 44.4 Å². The van der Waals surface area contributed by atoms with Crippen molar-refractivity contribution < 1.29 is 33.3 Å². The molecule has 1 N–H and O–H groups in total. The van der Waals surface area contributed by atoms with Crippen molar-refractivity contribution in [2.24, 2.45) is 9.98 Å². The number of esters is 2. The van der Waals surface area contributed by atoms with Gasteiger partial charge in [0.2, 0.25) is 0 Å². The number of nitrogens with one attached hydrogen (secondary N) is 1. The molecule has 3 aromatic rings. The van der Waals surface area contributed by atoms with Gasteiger partial charge in [0, 0.05) is 0 Å². The molecule has 0 aliphatic carbocycles. The van der Waals surface area contributed by atoms with E-state index in [9.17, 15) is 23.8 Å². The Bertz CT molecular complexity index is 1640. The van der Waals surface area contributed by atoms with Crippen molar-refractivity contribution in [2.45, 2.75) is 70.4 Å². The van der Waals surface area contributed by atoms with E-state index in [0.29, 0.717) is 33.1 Å². The Morgan fingerprint density at radius 2 is 1.38 bits per heavy atom. The first-order valence-corrected chi connectivity index (χ1v) is 15.5. The van der Waals surface area contributed by atoms with Crippen molar-refractivity contribution in [3.63, 3.8) is 0 Å². The van der Waals surface area contributed by atoms with Gasteiger partial charge >= 0.3 is 290 Å². The average molecular weight is 679 g/mol. The molecule has 1 heterocycles. The van der Waals surface area contributed by atoms with Crippen LogP contribution in [0.4, 0.5) is 0 Å². The summed E-state index contributed by atoms with van der Waals surface area (Å²) in [5.41, 5.74) is 1.69. The third-order valence-electron chi connectivity index (χ3n) is 6.53. The Morgan fingerprint density at radius 1 is 0.840 bits per heavy atom. The van der Waals surface area contributed by atoms with Gasteiger partial charge in [-0.3, -0.25) is 0 Å². The third kappa shape index (κ3) is 16.7. The molecule has 1 aromatic heterocycles. The molecule has 0 spiro atoms. The van der Waals surface area contributed by atoms with E-state index in [1.165, 1.54) is 4.68 Å². The molecule has 0 bridgehead atoms. The van der Waals surface area contributed by atoms with Crippen LogP contribution in [0.3, 0.4) is 0 Å². The molecule has 2 atom stereocenters. The Balaban J connectivity index is 0.000000348. The SMILES string of the molecule is N#CCCNC(=O)CCC(N=CB=O)C(=O)OCc1ccccc1.N#CCCn1nnnc1CCC(N=CB=O)C(=O)OCc1ccccc1. The maximum atomic E-state index is 12.3. The van der Waals surface area contributed by atoms with Crippen LogP contribution in [-0.2, 0) is 59.4 Å². The molecular formula is C32H35B2N9O7. The van der Waals surface area contributed by atoms with Gasteiger partial charge in [-0.2, -0.15) is 0 Å². The van der Waals surface area contributed by atoms with Crippen molar-refractivity contribution in [3.8, 4) is 12.1 Å². The second-order valence-corrected chi connectivity index (χ2v) is 10.1. The molecule has 2 unspecified atom stereocenters. The molecule has 16 nitrogen and oxygen atoms in total. The summed E-state index contributed by atoms with van der Waals surface area (Å²) in [7, 11) is 0.971. The molecule has 18 heteroatoms. The first-order chi connectivity index (χ1) is 24.4. The van der Waals surface area contributed by atoms with Crippen LogP contribution in [0.5, 0.6) is 0 Å². The van der Waals surface area contributed by atoms with Gasteiger partial charge in [-0.1, -0.05) is 0 Å². The van der Waals surface area contributed by atoms with Gasteiger partial charge in [-0.15, -0.1) is 0 Å². The minimum absolute atomic E-state index is 0.0483. The zero-order valence-electron chi connectivity index (χ0n) is 27.2. The number of amides is 1. The quantitative estimate of drug-likeness (QED) is 0.0778. The normalized spacial score (nSPS) is 11.5. The first-order valence-electron chi connectivity index (χ1n) is 15.5. The monoisotopic (exact) mass is 679 g/mol. The van der Waals surface area contributed by atoms with Gasteiger partial charge in [-0.25, -0.2) is 0 Å². The van der Waals surface area contributed by atoms with Crippen molar-refractivity contribution in [1.29, 1.82) is 10.5 Å². The maximum absolute atomic E-state index is 12.3. The third-order valence-corrected chi connectivity index (χ3v) is 6.53. The van der Waals surface area contributed by atoms with E-state index in [2.05, 4.69) is 30.8 Å². The van der Waals surface area contributed by atoms with Crippen LogP contribution in [-0.4, -0.2) is 83.2 Å². The number of aliphatic imine (C=N–C) groups is 2. The summed E-state index contributed by atoms with van der Waals surface area (Å²) >= 11 is 0. The van der Waals surface area contributed by atoms with E-state index in [1.807, 2.05) is 72.8 Å². The average Bonchev–Trinajstić information content (AvgIpc) is 3.60. The second-order valence-electron chi connectivity index (χ2n) is 10.1. The number of carbonyl (C=O) groups excluding carboxylic acids is 3. The number of ether oxygens (including phenoxy) is 2. The number of tetrazole rings is 1. The summed E-state index contributed by atoms with van der Waals surface area (Å²) in [4.78, 5) is 43.7. The van der Waals surface area contributed by atoms with Crippen LogP contribution in [0, 0.1) is 22.7 Å². The molecular weight excluding hydrogens is 644 g/mol. The summed E-state index contributed by atoms with van der Waals surface area (Å²) in [5.74, 6) is -0.861. The fraction of sp³-hybridized carbons (Fsp3) is 0.375. The first kappa shape index (κ1) is 40.1. The van der Waals surface area contributed by atoms with Crippen molar-refractivity contribution in [1.82, 2.24) is 25.5 Å². The summed E-state index contributed by atoms with van der Waals surface area (Å²) in [5, 5.41) is 30.9. The minimum atomic E-state index is -0.916.